The first-order chi connectivity index (χ1) is 12.7. The Morgan fingerprint density at radius 3 is 2.46 bits per heavy atom. The molecule has 0 fully saturated rings. The molecule has 26 heavy (non-hydrogen) atoms. The lowest BCUT2D eigenvalue weighted by Gasteiger charge is -2.22. The van der Waals surface area contributed by atoms with E-state index in [0.717, 1.165) is 35.9 Å². The summed E-state index contributed by atoms with van der Waals surface area (Å²) >= 11 is 6.50. The molecule has 0 heterocycles. The third-order valence-corrected chi connectivity index (χ3v) is 5.53. The van der Waals surface area contributed by atoms with Gasteiger partial charge in [0, 0.05) is 30.9 Å². The van der Waals surface area contributed by atoms with Crippen molar-refractivity contribution < 1.29 is 0 Å². The van der Waals surface area contributed by atoms with E-state index in [-0.39, 0.29) is 0 Å². The first-order valence-electron chi connectivity index (χ1n) is 9.23. The second-order valence-electron chi connectivity index (χ2n) is 6.63. The summed E-state index contributed by atoms with van der Waals surface area (Å²) in [4.78, 5) is 2.33. The number of hydrogen-bond acceptors (Lipinski definition) is 2. The highest BCUT2D eigenvalue weighted by molar-refractivity contribution is 6.33. The second kappa shape index (κ2) is 7.05. The Hall–Kier alpha value is -2.45. The van der Waals surface area contributed by atoms with Crippen LogP contribution >= 0.6 is 11.6 Å². The third-order valence-electron chi connectivity index (χ3n) is 5.20. The molecule has 3 heteroatoms. The molecule has 1 aliphatic rings. The molecule has 0 unspecified atom stereocenters. The predicted octanol–water partition coefficient (Wildman–Crippen LogP) is 6.50. The molecule has 2 nitrogen and oxygen atoms in total. The van der Waals surface area contributed by atoms with Gasteiger partial charge in [-0.25, -0.2) is 0 Å². The smallest absolute Gasteiger partial charge is 0.0642 e. The van der Waals surface area contributed by atoms with Crippen LogP contribution in [-0.4, -0.2) is 13.1 Å². The Kier molecular flexibility index (Phi) is 4.60. The molecular formula is C23H23ClN2. The van der Waals surface area contributed by atoms with Crippen molar-refractivity contribution in [2.75, 3.05) is 23.3 Å². The normalized spacial score (nSPS) is 11.8. The van der Waals surface area contributed by atoms with Gasteiger partial charge in [0.2, 0.25) is 0 Å². The summed E-state index contributed by atoms with van der Waals surface area (Å²) in [5.74, 6) is 0. The minimum Gasteiger partial charge on any atom is -0.372 e. The number of nitrogens with zero attached hydrogens (tertiary/aromatic N) is 1. The average molecular weight is 363 g/mol. The first-order valence-corrected chi connectivity index (χ1v) is 9.60. The summed E-state index contributed by atoms with van der Waals surface area (Å²) in [6.07, 6.45) is 0.960. The van der Waals surface area contributed by atoms with E-state index in [1.807, 2.05) is 6.07 Å². The van der Waals surface area contributed by atoms with Crippen LogP contribution in [0.15, 0.2) is 60.7 Å². The van der Waals surface area contributed by atoms with Gasteiger partial charge in [-0.05, 0) is 60.4 Å². The lowest BCUT2D eigenvalue weighted by molar-refractivity contribution is 0.866. The molecule has 0 bridgehead atoms. The van der Waals surface area contributed by atoms with Crippen LogP contribution in [0.5, 0.6) is 0 Å². The van der Waals surface area contributed by atoms with Crippen molar-refractivity contribution in [2.24, 2.45) is 0 Å². The molecule has 0 atom stereocenters. The molecule has 0 radical (unpaired) electrons. The standard InChI is InChI=1S/C23H23ClN2/c1-3-26(4-2)17-12-13-21(24)23(15-17)25-22-11-7-10-19-18-9-6-5-8-16(18)14-20(19)22/h5-13,15,25H,3-4,14H2,1-2H3. The minimum absolute atomic E-state index is 0.744. The topological polar surface area (TPSA) is 15.3 Å². The lowest BCUT2D eigenvalue weighted by Crippen LogP contribution is -2.21. The molecule has 1 aliphatic carbocycles. The van der Waals surface area contributed by atoms with E-state index in [1.165, 1.54) is 27.9 Å². The molecule has 1 N–H and O–H groups in total. The third kappa shape index (κ3) is 2.95. The maximum absolute atomic E-state index is 6.50. The van der Waals surface area contributed by atoms with Crippen molar-refractivity contribution >= 4 is 28.7 Å². The zero-order valence-electron chi connectivity index (χ0n) is 15.2. The van der Waals surface area contributed by atoms with E-state index in [0.29, 0.717) is 0 Å². The predicted molar refractivity (Wildman–Crippen MR) is 113 cm³/mol. The van der Waals surface area contributed by atoms with Gasteiger partial charge in [-0.3, -0.25) is 0 Å². The largest absolute Gasteiger partial charge is 0.372 e. The van der Waals surface area contributed by atoms with Crippen LogP contribution in [0.2, 0.25) is 5.02 Å². The first kappa shape index (κ1) is 17.0. The Labute approximate surface area is 160 Å². The molecule has 3 aromatic rings. The van der Waals surface area contributed by atoms with Crippen LogP contribution in [-0.2, 0) is 6.42 Å². The van der Waals surface area contributed by atoms with Gasteiger partial charge in [-0.1, -0.05) is 48.0 Å². The maximum Gasteiger partial charge on any atom is 0.0642 e. The van der Waals surface area contributed by atoms with Gasteiger partial charge in [-0.2, -0.15) is 0 Å². The fourth-order valence-corrected chi connectivity index (χ4v) is 3.98. The number of fused-ring (bicyclic) bond motifs is 3. The van der Waals surface area contributed by atoms with E-state index >= 15 is 0 Å². The zero-order valence-corrected chi connectivity index (χ0v) is 16.0. The summed E-state index contributed by atoms with van der Waals surface area (Å²) in [5.41, 5.74) is 8.68. The van der Waals surface area contributed by atoms with Crippen LogP contribution in [0.3, 0.4) is 0 Å². The van der Waals surface area contributed by atoms with E-state index in [4.69, 9.17) is 11.6 Å². The molecule has 132 valence electrons. The number of hydrogen-bond donors (Lipinski definition) is 1. The van der Waals surface area contributed by atoms with Crippen LogP contribution in [0.4, 0.5) is 17.1 Å². The van der Waals surface area contributed by atoms with E-state index in [1.54, 1.807) is 0 Å². The van der Waals surface area contributed by atoms with Crippen LogP contribution in [0, 0.1) is 0 Å². The van der Waals surface area contributed by atoms with Crippen LogP contribution in [0.25, 0.3) is 11.1 Å². The number of halogens is 1. The van der Waals surface area contributed by atoms with Gasteiger partial charge in [0.05, 0.1) is 10.7 Å². The summed E-state index contributed by atoms with van der Waals surface area (Å²) in [6.45, 7) is 6.31. The summed E-state index contributed by atoms with van der Waals surface area (Å²) in [7, 11) is 0. The SMILES string of the molecule is CCN(CC)c1ccc(Cl)c(Nc2cccc3c2Cc2ccccc2-3)c1. The quantitative estimate of drug-likeness (QED) is 0.435. The van der Waals surface area contributed by atoms with Gasteiger partial charge in [0.15, 0.2) is 0 Å². The van der Waals surface area contributed by atoms with Crippen molar-refractivity contribution in [3.63, 3.8) is 0 Å². The Morgan fingerprint density at radius 1 is 0.885 bits per heavy atom. The van der Waals surface area contributed by atoms with Crippen molar-refractivity contribution in [2.45, 2.75) is 20.3 Å². The van der Waals surface area contributed by atoms with Gasteiger partial charge < -0.3 is 10.2 Å². The highest BCUT2D eigenvalue weighted by Crippen LogP contribution is 2.41. The van der Waals surface area contributed by atoms with Crippen molar-refractivity contribution in [3.8, 4) is 11.1 Å². The fraction of sp³-hybridized carbons (Fsp3) is 0.217. The summed E-state index contributed by atoms with van der Waals surface area (Å²) < 4.78 is 0. The highest BCUT2D eigenvalue weighted by Gasteiger charge is 2.20. The molecule has 4 rings (SSSR count). The molecule has 0 amide bonds. The average Bonchev–Trinajstić information content (AvgIpc) is 3.05. The lowest BCUT2D eigenvalue weighted by atomic mass is 10.0. The molecule has 0 aromatic heterocycles. The van der Waals surface area contributed by atoms with Gasteiger partial charge in [0.25, 0.3) is 0 Å². The molecular weight excluding hydrogens is 340 g/mol. The van der Waals surface area contributed by atoms with Crippen LogP contribution in [0.1, 0.15) is 25.0 Å². The Bertz CT molecular complexity index is 945. The van der Waals surface area contributed by atoms with E-state index < -0.39 is 0 Å². The van der Waals surface area contributed by atoms with E-state index in [2.05, 4.69) is 78.7 Å². The van der Waals surface area contributed by atoms with E-state index in [9.17, 15) is 0 Å². The molecule has 0 saturated heterocycles. The molecule has 0 saturated carbocycles. The second-order valence-corrected chi connectivity index (χ2v) is 7.03. The monoisotopic (exact) mass is 362 g/mol. The molecule has 0 spiro atoms. The fourth-order valence-electron chi connectivity index (χ4n) is 3.81. The molecule has 0 aliphatic heterocycles. The number of rotatable bonds is 5. The number of nitrogens with one attached hydrogen (secondary N) is 1. The number of benzene rings is 3. The summed E-state index contributed by atoms with van der Waals surface area (Å²) in [5, 5.41) is 4.34. The van der Waals surface area contributed by atoms with Gasteiger partial charge in [0.1, 0.15) is 0 Å². The highest BCUT2D eigenvalue weighted by atomic mass is 35.5. The molecule has 3 aromatic carbocycles. The number of anilines is 3. The Balaban J connectivity index is 1.71. The van der Waals surface area contributed by atoms with Crippen molar-refractivity contribution in [1.29, 1.82) is 0 Å². The maximum atomic E-state index is 6.50. The summed E-state index contributed by atoms with van der Waals surface area (Å²) in [6, 6.07) is 21.3. The zero-order chi connectivity index (χ0) is 18.1. The minimum atomic E-state index is 0.744. The van der Waals surface area contributed by atoms with Crippen LogP contribution < -0.4 is 10.2 Å². The Morgan fingerprint density at radius 2 is 1.65 bits per heavy atom. The van der Waals surface area contributed by atoms with Crippen molar-refractivity contribution in [1.82, 2.24) is 0 Å². The van der Waals surface area contributed by atoms with Gasteiger partial charge >= 0.3 is 0 Å². The van der Waals surface area contributed by atoms with Crippen molar-refractivity contribution in [3.05, 3.63) is 76.8 Å². The van der Waals surface area contributed by atoms with Gasteiger partial charge in [-0.15, -0.1) is 0 Å².